The van der Waals surface area contributed by atoms with Gasteiger partial charge in [0.1, 0.15) is 0 Å². The van der Waals surface area contributed by atoms with E-state index in [0.29, 0.717) is 17.8 Å². The van der Waals surface area contributed by atoms with Gasteiger partial charge in [-0.1, -0.05) is 12.1 Å². The summed E-state index contributed by atoms with van der Waals surface area (Å²) in [5.41, 5.74) is 2.19. The van der Waals surface area contributed by atoms with E-state index in [1.54, 1.807) is 36.4 Å². The highest BCUT2D eigenvalue weighted by atomic mass is 16.4. The van der Waals surface area contributed by atoms with E-state index in [9.17, 15) is 14.4 Å². The molecule has 6 heteroatoms. The predicted octanol–water partition coefficient (Wildman–Crippen LogP) is 2.66. The van der Waals surface area contributed by atoms with Gasteiger partial charge >= 0.3 is 5.97 Å². The summed E-state index contributed by atoms with van der Waals surface area (Å²) in [6, 6.07) is 13.1. The maximum atomic E-state index is 12.2. The van der Waals surface area contributed by atoms with Crippen molar-refractivity contribution in [2.45, 2.75) is 19.4 Å². The molecule has 128 valence electrons. The molecule has 1 fully saturated rings. The molecule has 0 bridgehead atoms. The van der Waals surface area contributed by atoms with Crippen LogP contribution in [-0.4, -0.2) is 22.9 Å². The zero-order valence-electron chi connectivity index (χ0n) is 13.5. The number of nitrogens with one attached hydrogen (secondary N) is 2. The van der Waals surface area contributed by atoms with Crippen LogP contribution in [0.15, 0.2) is 48.5 Å². The molecule has 1 saturated carbocycles. The molecule has 1 aliphatic rings. The summed E-state index contributed by atoms with van der Waals surface area (Å²) in [7, 11) is 0. The molecular formula is C19H18N2O4. The molecule has 0 atom stereocenters. The van der Waals surface area contributed by atoms with E-state index in [0.717, 1.165) is 18.4 Å². The smallest absolute Gasteiger partial charge is 0.335 e. The molecule has 1 aliphatic carbocycles. The second kappa shape index (κ2) is 7.17. The lowest BCUT2D eigenvalue weighted by molar-refractivity contribution is -0.117. The molecule has 2 aromatic rings. The van der Waals surface area contributed by atoms with Crippen LogP contribution in [0.3, 0.4) is 0 Å². The Labute approximate surface area is 144 Å². The first-order chi connectivity index (χ1) is 12.0. The topological polar surface area (TPSA) is 95.5 Å². The molecule has 0 aliphatic heterocycles. The van der Waals surface area contributed by atoms with Crippen molar-refractivity contribution in [2.24, 2.45) is 5.92 Å². The number of benzene rings is 2. The zero-order chi connectivity index (χ0) is 17.8. The minimum Gasteiger partial charge on any atom is -0.478 e. The molecule has 0 radical (unpaired) electrons. The lowest BCUT2D eigenvalue weighted by atomic mass is 10.1. The second-order valence-corrected chi connectivity index (χ2v) is 6.03. The summed E-state index contributed by atoms with van der Waals surface area (Å²) in [5, 5.41) is 14.5. The average molecular weight is 338 g/mol. The molecule has 0 aromatic heterocycles. The number of carbonyl (C=O) groups excluding carboxylic acids is 2. The first-order valence-corrected chi connectivity index (χ1v) is 8.04. The van der Waals surface area contributed by atoms with Crippen LogP contribution < -0.4 is 10.6 Å². The van der Waals surface area contributed by atoms with Crippen molar-refractivity contribution in [1.82, 2.24) is 5.32 Å². The fourth-order valence-corrected chi connectivity index (χ4v) is 2.34. The summed E-state index contributed by atoms with van der Waals surface area (Å²) >= 11 is 0. The quantitative estimate of drug-likeness (QED) is 0.754. The lowest BCUT2D eigenvalue weighted by Crippen LogP contribution is -2.22. The number of hydrogen-bond acceptors (Lipinski definition) is 3. The summed E-state index contributed by atoms with van der Waals surface area (Å²) < 4.78 is 0. The highest BCUT2D eigenvalue weighted by Gasteiger charge is 2.29. The molecular weight excluding hydrogens is 320 g/mol. The Balaban J connectivity index is 1.53. The summed E-state index contributed by atoms with van der Waals surface area (Å²) in [6.07, 6.45) is 1.89. The third-order valence-corrected chi connectivity index (χ3v) is 4.02. The number of carbonyl (C=O) groups is 3. The normalized spacial score (nSPS) is 13.1. The summed E-state index contributed by atoms with van der Waals surface area (Å²) in [6.45, 7) is 0.304. The first kappa shape index (κ1) is 16.7. The Morgan fingerprint density at radius 3 is 2.08 bits per heavy atom. The van der Waals surface area contributed by atoms with Crippen molar-refractivity contribution in [3.8, 4) is 0 Å². The Morgan fingerprint density at radius 2 is 1.52 bits per heavy atom. The van der Waals surface area contributed by atoms with Gasteiger partial charge in [0.05, 0.1) is 5.56 Å². The van der Waals surface area contributed by atoms with Crippen molar-refractivity contribution in [1.29, 1.82) is 0 Å². The van der Waals surface area contributed by atoms with E-state index < -0.39 is 5.97 Å². The third-order valence-electron chi connectivity index (χ3n) is 4.02. The largest absolute Gasteiger partial charge is 0.478 e. The summed E-state index contributed by atoms with van der Waals surface area (Å²) in [4.78, 5) is 34.6. The molecule has 2 aromatic carbocycles. The lowest BCUT2D eigenvalue weighted by Gasteiger charge is -2.08. The number of anilines is 1. The van der Waals surface area contributed by atoms with E-state index in [-0.39, 0.29) is 23.3 Å². The predicted molar refractivity (Wildman–Crippen MR) is 92.4 cm³/mol. The van der Waals surface area contributed by atoms with Gasteiger partial charge in [-0.2, -0.15) is 0 Å². The van der Waals surface area contributed by atoms with Gasteiger partial charge in [0.2, 0.25) is 5.91 Å². The molecule has 3 rings (SSSR count). The number of amides is 2. The van der Waals surface area contributed by atoms with Crippen molar-refractivity contribution < 1.29 is 19.5 Å². The maximum Gasteiger partial charge on any atom is 0.335 e. The highest BCUT2D eigenvalue weighted by Crippen LogP contribution is 2.30. The van der Waals surface area contributed by atoms with Crippen LogP contribution >= 0.6 is 0 Å². The van der Waals surface area contributed by atoms with E-state index in [2.05, 4.69) is 10.6 Å². The van der Waals surface area contributed by atoms with Crippen LogP contribution in [0.5, 0.6) is 0 Å². The average Bonchev–Trinajstić information content (AvgIpc) is 3.46. The van der Waals surface area contributed by atoms with Crippen LogP contribution in [0.1, 0.15) is 39.1 Å². The Hall–Kier alpha value is -3.15. The molecule has 0 heterocycles. The number of aromatic carboxylic acids is 1. The van der Waals surface area contributed by atoms with Gasteiger partial charge in [0, 0.05) is 23.7 Å². The molecule has 0 saturated heterocycles. The number of carboxylic acids is 1. The van der Waals surface area contributed by atoms with Crippen molar-refractivity contribution in [3.63, 3.8) is 0 Å². The third kappa shape index (κ3) is 4.44. The number of carboxylic acid groups (broad SMARTS) is 1. The monoisotopic (exact) mass is 338 g/mol. The van der Waals surface area contributed by atoms with Gasteiger partial charge in [0.15, 0.2) is 0 Å². The fourth-order valence-electron chi connectivity index (χ4n) is 2.34. The van der Waals surface area contributed by atoms with Gasteiger partial charge in [-0.3, -0.25) is 9.59 Å². The summed E-state index contributed by atoms with van der Waals surface area (Å²) in [5.74, 6) is -1.05. The van der Waals surface area contributed by atoms with Gasteiger partial charge in [-0.25, -0.2) is 4.79 Å². The van der Waals surface area contributed by atoms with Crippen molar-refractivity contribution in [2.75, 3.05) is 5.32 Å². The van der Waals surface area contributed by atoms with Crippen LogP contribution in [-0.2, 0) is 11.3 Å². The van der Waals surface area contributed by atoms with E-state index in [4.69, 9.17) is 5.11 Å². The molecule has 3 N–H and O–H groups in total. The van der Waals surface area contributed by atoms with Gasteiger partial charge in [0.25, 0.3) is 5.91 Å². The molecule has 0 spiro atoms. The van der Waals surface area contributed by atoms with Crippen LogP contribution in [0.2, 0.25) is 0 Å². The molecule has 25 heavy (non-hydrogen) atoms. The number of rotatable bonds is 6. The molecule has 0 unspecified atom stereocenters. The van der Waals surface area contributed by atoms with E-state index in [1.165, 1.54) is 12.1 Å². The zero-order valence-corrected chi connectivity index (χ0v) is 13.5. The van der Waals surface area contributed by atoms with Crippen molar-refractivity contribution >= 4 is 23.5 Å². The minimum absolute atomic E-state index is 0.0296. The van der Waals surface area contributed by atoms with Crippen LogP contribution in [0.4, 0.5) is 5.69 Å². The molecule has 6 nitrogen and oxygen atoms in total. The Kier molecular flexibility index (Phi) is 4.79. The maximum absolute atomic E-state index is 12.2. The second-order valence-electron chi connectivity index (χ2n) is 6.03. The first-order valence-electron chi connectivity index (χ1n) is 8.04. The SMILES string of the molecule is O=C(O)c1ccc(CNC(=O)c2ccc(NC(=O)C3CC3)cc2)cc1. The van der Waals surface area contributed by atoms with Gasteiger partial charge < -0.3 is 15.7 Å². The van der Waals surface area contributed by atoms with Gasteiger partial charge in [-0.05, 0) is 54.8 Å². The number of hydrogen-bond donors (Lipinski definition) is 3. The standard InChI is InChI=1S/C19H18N2O4/c22-17(20-11-12-1-3-15(4-2-12)19(24)25)13-7-9-16(10-8-13)21-18(23)14-5-6-14/h1-4,7-10,14H,5-6,11H2,(H,20,22)(H,21,23)(H,24,25). The van der Waals surface area contributed by atoms with E-state index >= 15 is 0 Å². The Bertz CT molecular complexity index is 793. The van der Waals surface area contributed by atoms with Crippen LogP contribution in [0.25, 0.3) is 0 Å². The van der Waals surface area contributed by atoms with Crippen LogP contribution in [0, 0.1) is 5.92 Å². The van der Waals surface area contributed by atoms with E-state index in [1.807, 2.05) is 0 Å². The fraction of sp³-hybridized carbons (Fsp3) is 0.211. The highest BCUT2D eigenvalue weighted by molar-refractivity contribution is 5.96. The Morgan fingerprint density at radius 1 is 0.920 bits per heavy atom. The van der Waals surface area contributed by atoms with Gasteiger partial charge in [-0.15, -0.1) is 0 Å². The van der Waals surface area contributed by atoms with Crippen molar-refractivity contribution in [3.05, 3.63) is 65.2 Å². The molecule has 2 amide bonds. The minimum atomic E-state index is -0.982.